The van der Waals surface area contributed by atoms with Crippen LogP contribution in [-0.4, -0.2) is 43.8 Å². The van der Waals surface area contributed by atoms with E-state index in [1.807, 2.05) is 0 Å². The second-order valence-electron chi connectivity index (χ2n) is 8.15. The summed E-state index contributed by atoms with van der Waals surface area (Å²) >= 11 is 0. The van der Waals surface area contributed by atoms with Crippen LogP contribution in [0.2, 0.25) is 0 Å². The molecule has 0 atom stereocenters. The summed E-state index contributed by atoms with van der Waals surface area (Å²) in [5.74, 6) is -0.0169. The molecule has 0 radical (unpaired) electrons. The number of imidazole rings is 1. The number of hydrogen-bond acceptors (Lipinski definition) is 9. The second-order valence-corrected chi connectivity index (χ2v) is 10.4. The molecule has 0 aliphatic heterocycles. The molecule has 1 aliphatic rings. The van der Waals surface area contributed by atoms with Crippen LogP contribution < -0.4 is 0 Å². The van der Waals surface area contributed by atoms with E-state index in [1.54, 1.807) is 0 Å². The first-order valence-electron chi connectivity index (χ1n) is 10.4. The zero-order valence-electron chi connectivity index (χ0n) is 18.3. The molecule has 0 amide bonds. The van der Waals surface area contributed by atoms with Gasteiger partial charge in [-0.3, -0.25) is 4.98 Å². The summed E-state index contributed by atoms with van der Waals surface area (Å²) in [4.78, 5) is 16.4. The highest BCUT2D eigenvalue weighted by molar-refractivity contribution is 7.91. The molecule has 5 rings (SSSR count). The summed E-state index contributed by atoms with van der Waals surface area (Å²) in [5, 5.41) is 13.2. The van der Waals surface area contributed by atoms with Gasteiger partial charge >= 0.3 is 6.18 Å². The number of nitrogens with zero attached hydrogens (tertiary/aromatic N) is 7. The molecule has 180 valence electrons. The van der Waals surface area contributed by atoms with Crippen molar-refractivity contribution >= 4 is 21.0 Å². The normalized spacial score (nSPS) is 15.3. The molecule has 0 aromatic carbocycles. The van der Waals surface area contributed by atoms with Gasteiger partial charge in [0.15, 0.2) is 21.3 Å². The van der Waals surface area contributed by atoms with Crippen molar-refractivity contribution in [3.05, 3.63) is 36.0 Å². The van der Waals surface area contributed by atoms with E-state index < -0.39 is 27.0 Å². The molecule has 0 saturated heterocycles. The molecule has 0 N–H and O–H groups in total. The molecule has 1 aliphatic carbocycles. The highest BCUT2D eigenvalue weighted by Crippen LogP contribution is 2.47. The summed E-state index contributed by atoms with van der Waals surface area (Å²) < 4.78 is 71.9. The van der Waals surface area contributed by atoms with Gasteiger partial charge in [-0.15, -0.1) is 0 Å². The smallest absolute Gasteiger partial charge is 0.337 e. The van der Waals surface area contributed by atoms with Crippen molar-refractivity contribution in [3.63, 3.8) is 0 Å². The van der Waals surface area contributed by atoms with Gasteiger partial charge in [0.2, 0.25) is 11.7 Å². The largest absolute Gasteiger partial charge is 0.417 e. The topological polar surface area (TPSA) is 140 Å². The predicted octanol–water partition coefficient (Wildman–Crippen LogP) is 3.45. The number of halogens is 3. The maximum Gasteiger partial charge on any atom is 0.417 e. The molecule has 4 heterocycles. The minimum Gasteiger partial charge on any atom is -0.337 e. The van der Waals surface area contributed by atoms with Gasteiger partial charge in [0.05, 0.1) is 22.3 Å². The lowest BCUT2D eigenvalue weighted by Gasteiger charge is -2.10. The fourth-order valence-electron chi connectivity index (χ4n) is 3.60. The lowest BCUT2D eigenvalue weighted by atomic mass is 10.1. The summed E-state index contributed by atoms with van der Waals surface area (Å²) in [5.41, 5.74) is -1.53. The van der Waals surface area contributed by atoms with Crippen LogP contribution >= 0.6 is 0 Å². The Kier molecular flexibility index (Phi) is 4.96. The van der Waals surface area contributed by atoms with Gasteiger partial charge in [-0.25, -0.2) is 18.4 Å². The number of nitriles is 1. The lowest BCUT2D eigenvalue weighted by molar-refractivity contribution is -0.137. The Morgan fingerprint density at radius 3 is 2.57 bits per heavy atom. The van der Waals surface area contributed by atoms with Crippen LogP contribution in [-0.2, 0) is 28.5 Å². The third kappa shape index (κ3) is 3.72. The monoisotopic (exact) mass is 503 g/mol. The highest BCUT2D eigenvalue weighted by Gasteiger charge is 2.50. The van der Waals surface area contributed by atoms with Gasteiger partial charge in [-0.1, -0.05) is 12.1 Å². The maximum atomic E-state index is 13.1. The van der Waals surface area contributed by atoms with E-state index in [0.717, 1.165) is 6.07 Å². The Balaban J connectivity index is 1.65. The Labute approximate surface area is 196 Å². The first-order valence-corrected chi connectivity index (χ1v) is 12.0. The standard InChI is InChI=1S/C21H16F3N7O3S/c1-3-35(32,33)14-6-11(16-29-19(34-30-16)20(10-25)4-5-20)8-26-15(14)18-28-13-7-12(21(22,23)24)9-27-17(13)31(18)2/h6-9H,3-5H2,1-2H3. The minimum atomic E-state index is -4.61. The van der Waals surface area contributed by atoms with Crippen molar-refractivity contribution in [2.75, 3.05) is 5.75 Å². The van der Waals surface area contributed by atoms with Gasteiger partial charge in [-0.2, -0.15) is 23.4 Å². The van der Waals surface area contributed by atoms with Crippen molar-refractivity contribution in [1.29, 1.82) is 5.26 Å². The van der Waals surface area contributed by atoms with E-state index in [9.17, 15) is 26.9 Å². The Morgan fingerprint density at radius 1 is 1.20 bits per heavy atom. The average Bonchev–Trinajstić information content (AvgIpc) is 3.34. The fraction of sp³-hybridized carbons (Fsp3) is 0.333. The summed E-state index contributed by atoms with van der Waals surface area (Å²) in [6.07, 6.45) is -1.42. The zero-order chi connectivity index (χ0) is 25.2. The number of pyridine rings is 2. The van der Waals surface area contributed by atoms with E-state index >= 15 is 0 Å². The van der Waals surface area contributed by atoms with Crippen molar-refractivity contribution in [2.45, 2.75) is 36.3 Å². The van der Waals surface area contributed by atoms with Crippen LogP contribution in [0.3, 0.4) is 0 Å². The van der Waals surface area contributed by atoms with E-state index in [4.69, 9.17) is 4.52 Å². The van der Waals surface area contributed by atoms with Gasteiger partial charge in [0.25, 0.3) is 0 Å². The quantitative estimate of drug-likeness (QED) is 0.400. The van der Waals surface area contributed by atoms with Crippen molar-refractivity contribution in [3.8, 4) is 29.0 Å². The number of sulfone groups is 1. The van der Waals surface area contributed by atoms with Gasteiger partial charge in [0.1, 0.15) is 16.6 Å². The van der Waals surface area contributed by atoms with Crippen molar-refractivity contribution in [2.24, 2.45) is 7.05 Å². The minimum absolute atomic E-state index is 0.0283. The number of alkyl halides is 3. The molecule has 0 spiro atoms. The maximum absolute atomic E-state index is 13.1. The second kappa shape index (κ2) is 7.57. The van der Waals surface area contributed by atoms with E-state index in [0.29, 0.717) is 19.0 Å². The molecule has 0 unspecified atom stereocenters. The fourth-order valence-corrected chi connectivity index (χ4v) is 4.66. The van der Waals surface area contributed by atoms with Crippen LogP contribution in [0.4, 0.5) is 13.2 Å². The van der Waals surface area contributed by atoms with Gasteiger partial charge in [0, 0.05) is 25.0 Å². The molecule has 0 bridgehead atoms. The third-order valence-electron chi connectivity index (χ3n) is 5.87. The van der Waals surface area contributed by atoms with Gasteiger partial charge in [-0.05, 0) is 25.0 Å². The third-order valence-corrected chi connectivity index (χ3v) is 7.61. The number of hydrogen-bond donors (Lipinski definition) is 0. The lowest BCUT2D eigenvalue weighted by Crippen LogP contribution is -2.09. The molecular weight excluding hydrogens is 487 g/mol. The number of aromatic nitrogens is 6. The predicted molar refractivity (Wildman–Crippen MR) is 114 cm³/mol. The van der Waals surface area contributed by atoms with Gasteiger partial charge < -0.3 is 9.09 Å². The van der Waals surface area contributed by atoms with Crippen molar-refractivity contribution < 1.29 is 26.1 Å². The van der Waals surface area contributed by atoms with Crippen molar-refractivity contribution in [1.82, 2.24) is 29.7 Å². The Morgan fingerprint density at radius 2 is 1.94 bits per heavy atom. The SMILES string of the molecule is CCS(=O)(=O)c1cc(-c2noc(C3(C#N)CC3)n2)cnc1-c1nc2cc(C(F)(F)F)cnc2n1C. The number of rotatable bonds is 5. The van der Waals surface area contributed by atoms with Crippen LogP contribution in [0.1, 0.15) is 31.2 Å². The Hall–Kier alpha value is -3.86. The molecule has 1 saturated carbocycles. The molecule has 4 aromatic heterocycles. The number of aryl methyl sites for hydroxylation is 1. The first kappa shape index (κ1) is 22.9. The first-order chi connectivity index (χ1) is 16.5. The summed E-state index contributed by atoms with van der Waals surface area (Å²) in [6.45, 7) is 1.45. The van der Waals surface area contributed by atoms with E-state index in [2.05, 4.69) is 31.2 Å². The molecule has 1 fully saturated rings. The molecule has 4 aromatic rings. The van der Waals surface area contributed by atoms with Crippen LogP contribution in [0.15, 0.2) is 33.9 Å². The zero-order valence-corrected chi connectivity index (χ0v) is 19.1. The van der Waals surface area contributed by atoms with Crippen LogP contribution in [0.25, 0.3) is 34.1 Å². The Bertz CT molecular complexity index is 1630. The van der Waals surface area contributed by atoms with E-state index in [1.165, 1.54) is 30.8 Å². The van der Waals surface area contributed by atoms with Crippen LogP contribution in [0, 0.1) is 11.3 Å². The molecule has 35 heavy (non-hydrogen) atoms. The molecule has 14 heteroatoms. The van der Waals surface area contributed by atoms with E-state index in [-0.39, 0.29) is 50.6 Å². The highest BCUT2D eigenvalue weighted by atomic mass is 32.2. The molecule has 10 nitrogen and oxygen atoms in total. The molecular formula is C21H16F3N7O3S. The summed E-state index contributed by atoms with van der Waals surface area (Å²) in [7, 11) is -2.36. The average molecular weight is 503 g/mol. The number of fused-ring (bicyclic) bond motifs is 1. The van der Waals surface area contributed by atoms with Crippen LogP contribution in [0.5, 0.6) is 0 Å². The summed E-state index contributed by atoms with van der Waals surface area (Å²) in [6, 6.07) is 4.31.